The van der Waals surface area contributed by atoms with Crippen molar-refractivity contribution in [1.82, 2.24) is 15.1 Å². The van der Waals surface area contributed by atoms with E-state index in [0.717, 1.165) is 21.9 Å². The summed E-state index contributed by atoms with van der Waals surface area (Å²) in [6.45, 7) is 7.47. The van der Waals surface area contributed by atoms with Crippen LogP contribution in [0.15, 0.2) is 26.6 Å². The molecule has 2 aromatic rings. The van der Waals surface area contributed by atoms with E-state index in [0.29, 0.717) is 6.04 Å². The van der Waals surface area contributed by atoms with Gasteiger partial charge in [-0.05, 0) is 70.1 Å². The van der Waals surface area contributed by atoms with Gasteiger partial charge in [-0.25, -0.2) is 0 Å². The molecule has 0 saturated carbocycles. The maximum Gasteiger partial charge on any atom is 0.0864 e. The summed E-state index contributed by atoms with van der Waals surface area (Å²) in [6.07, 6.45) is 2.99. The fourth-order valence-electron chi connectivity index (χ4n) is 2.15. The van der Waals surface area contributed by atoms with Gasteiger partial charge in [0.15, 0.2) is 0 Å². The summed E-state index contributed by atoms with van der Waals surface area (Å²) in [5.41, 5.74) is 1.19. The molecular formula is C14H19Br2N3S. The summed E-state index contributed by atoms with van der Waals surface area (Å²) < 4.78 is 4.29. The van der Waals surface area contributed by atoms with Gasteiger partial charge in [-0.3, -0.25) is 4.68 Å². The number of halogens is 2. The number of nitrogens with one attached hydrogen (secondary N) is 1. The molecule has 0 aliphatic carbocycles. The van der Waals surface area contributed by atoms with Crippen LogP contribution in [-0.2, 0) is 0 Å². The molecule has 0 aliphatic rings. The maximum absolute atomic E-state index is 4.50. The second-order valence-corrected chi connectivity index (χ2v) is 7.59. The van der Waals surface area contributed by atoms with Crippen LogP contribution in [0, 0.1) is 0 Å². The summed E-state index contributed by atoms with van der Waals surface area (Å²) in [4.78, 5) is 1.29. The molecule has 3 nitrogen and oxygen atoms in total. The van der Waals surface area contributed by atoms with Crippen molar-refractivity contribution in [3.05, 3.63) is 37.2 Å². The molecule has 2 rings (SSSR count). The van der Waals surface area contributed by atoms with E-state index in [1.807, 2.05) is 6.20 Å². The number of nitrogens with zero attached hydrogens (tertiary/aromatic N) is 2. The van der Waals surface area contributed by atoms with E-state index in [4.69, 9.17) is 0 Å². The van der Waals surface area contributed by atoms with Gasteiger partial charge in [0.2, 0.25) is 0 Å². The summed E-state index contributed by atoms with van der Waals surface area (Å²) in [6, 6.07) is 2.59. The van der Waals surface area contributed by atoms with E-state index < -0.39 is 0 Å². The van der Waals surface area contributed by atoms with Gasteiger partial charge in [0.25, 0.3) is 0 Å². The largest absolute Gasteiger partial charge is 0.304 e. The number of rotatable bonds is 6. The Labute approximate surface area is 141 Å². The van der Waals surface area contributed by atoms with Crippen molar-refractivity contribution in [2.75, 3.05) is 6.54 Å². The number of hydrogen-bond donors (Lipinski definition) is 1. The molecule has 2 aromatic heterocycles. The quantitative estimate of drug-likeness (QED) is 0.700. The minimum Gasteiger partial charge on any atom is -0.304 e. The van der Waals surface area contributed by atoms with Gasteiger partial charge in [0.05, 0.1) is 22.4 Å². The van der Waals surface area contributed by atoms with Crippen molar-refractivity contribution in [3.8, 4) is 0 Å². The highest BCUT2D eigenvalue weighted by Crippen LogP contribution is 2.37. The van der Waals surface area contributed by atoms with Gasteiger partial charge < -0.3 is 5.32 Å². The average molecular weight is 421 g/mol. The third kappa shape index (κ3) is 3.35. The Hall–Kier alpha value is -0.170. The Balaban J connectivity index is 2.46. The van der Waals surface area contributed by atoms with E-state index in [9.17, 15) is 0 Å². The zero-order valence-electron chi connectivity index (χ0n) is 11.9. The molecule has 0 aromatic carbocycles. The van der Waals surface area contributed by atoms with E-state index in [1.54, 1.807) is 11.3 Å². The summed E-state index contributed by atoms with van der Waals surface area (Å²) in [5.74, 6) is 0. The SMILES string of the molecule is CCCNC(c1sccc1Br)c1c(Br)cnn1C(C)C. The minimum atomic E-state index is 0.156. The van der Waals surface area contributed by atoms with Crippen molar-refractivity contribution in [2.24, 2.45) is 0 Å². The Morgan fingerprint density at radius 2 is 2.10 bits per heavy atom. The highest BCUT2D eigenvalue weighted by atomic mass is 79.9. The Kier molecular flexibility index (Phi) is 5.84. The zero-order chi connectivity index (χ0) is 14.7. The summed E-state index contributed by atoms with van der Waals surface area (Å²) in [7, 11) is 0. The van der Waals surface area contributed by atoms with Crippen molar-refractivity contribution in [3.63, 3.8) is 0 Å². The lowest BCUT2D eigenvalue weighted by Crippen LogP contribution is -2.26. The first kappa shape index (κ1) is 16.2. The van der Waals surface area contributed by atoms with Crippen LogP contribution in [-0.4, -0.2) is 16.3 Å². The second-order valence-electron chi connectivity index (χ2n) is 4.94. The molecule has 2 heterocycles. The molecule has 1 atom stereocenters. The van der Waals surface area contributed by atoms with Crippen molar-refractivity contribution in [1.29, 1.82) is 0 Å². The van der Waals surface area contributed by atoms with E-state index in [2.05, 4.69) is 79.2 Å². The highest BCUT2D eigenvalue weighted by molar-refractivity contribution is 9.10. The Bertz CT molecular complexity index is 563. The molecule has 0 aliphatic heterocycles. The summed E-state index contributed by atoms with van der Waals surface area (Å²) in [5, 5.41) is 10.3. The normalized spacial score (nSPS) is 13.1. The van der Waals surface area contributed by atoms with Gasteiger partial charge in [-0.15, -0.1) is 11.3 Å². The first-order chi connectivity index (χ1) is 9.56. The first-order valence-electron chi connectivity index (χ1n) is 6.75. The molecule has 1 unspecified atom stereocenters. The van der Waals surface area contributed by atoms with E-state index in [1.165, 1.54) is 10.6 Å². The topological polar surface area (TPSA) is 29.9 Å². The van der Waals surface area contributed by atoms with Crippen molar-refractivity contribution < 1.29 is 0 Å². The second kappa shape index (κ2) is 7.20. The Morgan fingerprint density at radius 3 is 2.65 bits per heavy atom. The molecule has 0 spiro atoms. The third-order valence-corrected chi connectivity index (χ3v) is 5.60. The predicted octanol–water partition coefficient (Wildman–Crippen LogP) is 5.14. The smallest absolute Gasteiger partial charge is 0.0864 e. The molecule has 0 fully saturated rings. The zero-order valence-corrected chi connectivity index (χ0v) is 15.8. The molecule has 1 N–H and O–H groups in total. The fourth-order valence-corrected chi connectivity index (χ4v) is 4.33. The van der Waals surface area contributed by atoms with Crippen molar-refractivity contribution in [2.45, 2.75) is 39.3 Å². The minimum absolute atomic E-state index is 0.156. The van der Waals surface area contributed by atoms with Crippen LogP contribution in [0.3, 0.4) is 0 Å². The predicted molar refractivity (Wildman–Crippen MR) is 92.5 cm³/mol. The van der Waals surface area contributed by atoms with Gasteiger partial charge in [0.1, 0.15) is 0 Å². The van der Waals surface area contributed by atoms with Gasteiger partial charge >= 0.3 is 0 Å². The molecule has 0 radical (unpaired) electrons. The van der Waals surface area contributed by atoms with Crippen LogP contribution in [0.25, 0.3) is 0 Å². The molecular weight excluding hydrogens is 402 g/mol. The molecule has 0 amide bonds. The standard InChI is InChI=1S/C14H19Br2N3S/c1-4-6-17-12(14-10(15)5-7-20-14)13-11(16)8-18-19(13)9(2)3/h5,7-9,12,17H,4,6H2,1-3H3. The fraction of sp³-hybridized carbons (Fsp3) is 0.500. The lowest BCUT2D eigenvalue weighted by atomic mass is 10.1. The number of hydrogen-bond acceptors (Lipinski definition) is 3. The van der Waals surface area contributed by atoms with Crippen LogP contribution >= 0.6 is 43.2 Å². The third-order valence-electron chi connectivity index (χ3n) is 3.05. The van der Waals surface area contributed by atoms with Crippen molar-refractivity contribution >= 4 is 43.2 Å². The van der Waals surface area contributed by atoms with Crippen LogP contribution in [0.1, 0.15) is 49.8 Å². The number of thiophene rings is 1. The molecule has 0 bridgehead atoms. The van der Waals surface area contributed by atoms with E-state index >= 15 is 0 Å². The highest BCUT2D eigenvalue weighted by Gasteiger charge is 2.25. The number of aromatic nitrogens is 2. The van der Waals surface area contributed by atoms with Gasteiger partial charge in [0, 0.05) is 15.4 Å². The van der Waals surface area contributed by atoms with Crippen LogP contribution in [0.2, 0.25) is 0 Å². The van der Waals surface area contributed by atoms with Crippen LogP contribution in [0.4, 0.5) is 0 Å². The summed E-state index contributed by atoms with van der Waals surface area (Å²) >= 11 is 9.07. The van der Waals surface area contributed by atoms with Crippen LogP contribution < -0.4 is 5.32 Å². The Morgan fingerprint density at radius 1 is 1.35 bits per heavy atom. The lowest BCUT2D eigenvalue weighted by Gasteiger charge is -2.22. The monoisotopic (exact) mass is 419 g/mol. The van der Waals surface area contributed by atoms with Gasteiger partial charge in [-0.1, -0.05) is 6.92 Å². The van der Waals surface area contributed by atoms with Crippen LogP contribution in [0.5, 0.6) is 0 Å². The molecule has 0 saturated heterocycles. The maximum atomic E-state index is 4.50. The first-order valence-corrected chi connectivity index (χ1v) is 9.22. The molecule has 110 valence electrons. The van der Waals surface area contributed by atoms with Gasteiger partial charge in [-0.2, -0.15) is 5.10 Å². The average Bonchev–Trinajstić information content (AvgIpc) is 2.98. The molecule has 20 heavy (non-hydrogen) atoms. The lowest BCUT2D eigenvalue weighted by molar-refractivity contribution is 0.472. The molecule has 6 heteroatoms. The van der Waals surface area contributed by atoms with E-state index in [-0.39, 0.29) is 6.04 Å².